The number of halogens is 1. The van der Waals surface area contributed by atoms with Crippen LogP contribution in [0.25, 0.3) is 0 Å². The highest BCUT2D eigenvalue weighted by atomic mass is 35.5. The van der Waals surface area contributed by atoms with Gasteiger partial charge in [-0.1, -0.05) is 11.6 Å². The Balaban J connectivity index is 2.36. The first-order valence-electron chi connectivity index (χ1n) is 4.56. The van der Waals surface area contributed by atoms with Crippen LogP contribution in [0.5, 0.6) is 0 Å². The molecule has 1 fully saturated rings. The Morgan fingerprint density at radius 3 is 2.62 bits per heavy atom. The van der Waals surface area contributed by atoms with Gasteiger partial charge in [-0.25, -0.2) is 0 Å². The van der Waals surface area contributed by atoms with Gasteiger partial charge in [0.25, 0.3) is 0 Å². The zero-order chi connectivity index (χ0) is 9.59. The van der Waals surface area contributed by atoms with Gasteiger partial charge in [-0.15, -0.1) is 0 Å². The van der Waals surface area contributed by atoms with Gasteiger partial charge in [0.1, 0.15) is 0 Å². The summed E-state index contributed by atoms with van der Waals surface area (Å²) in [4.78, 5) is 0. The molecule has 1 aliphatic carbocycles. The van der Waals surface area contributed by atoms with Crippen molar-refractivity contribution in [3.63, 3.8) is 0 Å². The fourth-order valence-corrected chi connectivity index (χ4v) is 1.98. The smallest absolute Gasteiger partial charge is 0.0863 e. The van der Waals surface area contributed by atoms with Crippen molar-refractivity contribution in [2.24, 2.45) is 18.7 Å². The van der Waals surface area contributed by atoms with Crippen molar-refractivity contribution in [3.8, 4) is 0 Å². The highest BCUT2D eigenvalue weighted by Gasteiger charge is 2.33. The van der Waals surface area contributed by atoms with Gasteiger partial charge < -0.3 is 5.73 Å². The second-order valence-electron chi connectivity index (χ2n) is 3.77. The van der Waals surface area contributed by atoms with E-state index in [9.17, 15) is 0 Å². The van der Waals surface area contributed by atoms with Gasteiger partial charge in [0.15, 0.2) is 0 Å². The Bertz CT molecular complexity index is 328. The molecule has 1 atom stereocenters. The van der Waals surface area contributed by atoms with Gasteiger partial charge in [-0.05, 0) is 25.7 Å². The molecular weight excluding hydrogens is 186 g/mol. The summed E-state index contributed by atoms with van der Waals surface area (Å²) >= 11 is 6.12. The second-order valence-corrected chi connectivity index (χ2v) is 4.15. The molecule has 1 aromatic rings. The topological polar surface area (TPSA) is 43.8 Å². The summed E-state index contributed by atoms with van der Waals surface area (Å²) in [5, 5.41) is 4.98. The van der Waals surface area contributed by atoms with E-state index >= 15 is 0 Å². The number of nitrogens with zero attached hydrogens (tertiary/aromatic N) is 2. The molecule has 1 aromatic heterocycles. The molecule has 0 aromatic carbocycles. The molecule has 13 heavy (non-hydrogen) atoms. The Labute approximate surface area is 82.9 Å². The minimum Gasteiger partial charge on any atom is -0.322 e. The predicted octanol–water partition coefficient (Wildman–Crippen LogP) is 1.79. The molecule has 0 saturated heterocycles. The molecule has 3 nitrogen and oxygen atoms in total. The van der Waals surface area contributed by atoms with Crippen molar-refractivity contribution < 1.29 is 0 Å². The predicted molar refractivity (Wildman–Crippen MR) is 52.6 cm³/mol. The van der Waals surface area contributed by atoms with E-state index in [4.69, 9.17) is 17.3 Å². The molecule has 0 radical (unpaired) electrons. The lowest BCUT2D eigenvalue weighted by Gasteiger charge is -2.10. The Morgan fingerprint density at radius 2 is 2.23 bits per heavy atom. The largest absolute Gasteiger partial charge is 0.322 e. The van der Waals surface area contributed by atoms with E-state index in [-0.39, 0.29) is 6.04 Å². The molecule has 4 heteroatoms. The monoisotopic (exact) mass is 199 g/mol. The summed E-state index contributed by atoms with van der Waals surface area (Å²) in [6.45, 7) is 1.91. The minimum absolute atomic E-state index is 0.0682. The minimum atomic E-state index is 0.0682. The van der Waals surface area contributed by atoms with E-state index in [0.29, 0.717) is 5.92 Å². The summed E-state index contributed by atoms with van der Waals surface area (Å²) in [6, 6.07) is 0.0682. The van der Waals surface area contributed by atoms with E-state index in [0.717, 1.165) is 16.4 Å². The molecule has 1 heterocycles. The lowest BCUT2D eigenvalue weighted by atomic mass is 10.1. The van der Waals surface area contributed by atoms with Crippen LogP contribution in [0, 0.1) is 12.8 Å². The zero-order valence-corrected chi connectivity index (χ0v) is 8.67. The van der Waals surface area contributed by atoms with Gasteiger partial charge >= 0.3 is 0 Å². The second kappa shape index (κ2) is 3.00. The van der Waals surface area contributed by atoms with Crippen LogP contribution in [0.3, 0.4) is 0 Å². The summed E-state index contributed by atoms with van der Waals surface area (Å²) < 4.78 is 1.81. The quantitative estimate of drug-likeness (QED) is 0.790. The van der Waals surface area contributed by atoms with Crippen LogP contribution in [-0.4, -0.2) is 9.78 Å². The lowest BCUT2D eigenvalue weighted by molar-refractivity contribution is 0.565. The molecule has 2 N–H and O–H groups in total. The summed E-state index contributed by atoms with van der Waals surface area (Å²) in [7, 11) is 1.90. The molecule has 1 unspecified atom stereocenters. The van der Waals surface area contributed by atoms with E-state index in [1.54, 1.807) is 4.68 Å². The molecular formula is C9H14ClN3. The van der Waals surface area contributed by atoms with Gasteiger partial charge in [0.05, 0.1) is 22.5 Å². The first-order chi connectivity index (χ1) is 6.11. The fourth-order valence-electron chi connectivity index (χ4n) is 1.69. The molecule has 0 amide bonds. The fraction of sp³-hybridized carbons (Fsp3) is 0.667. The SMILES string of the molecule is Cc1nn(C)c(C(N)C2CC2)c1Cl. The standard InChI is InChI=1S/C9H14ClN3/c1-5-7(10)9(13(2)12-5)8(11)6-3-4-6/h6,8H,3-4,11H2,1-2H3. The number of nitrogens with two attached hydrogens (primary N) is 1. The zero-order valence-electron chi connectivity index (χ0n) is 7.92. The van der Waals surface area contributed by atoms with Gasteiger partial charge in [-0.2, -0.15) is 5.10 Å². The maximum absolute atomic E-state index is 6.12. The summed E-state index contributed by atoms with van der Waals surface area (Å²) in [5.74, 6) is 0.618. The summed E-state index contributed by atoms with van der Waals surface area (Å²) in [5.41, 5.74) is 7.93. The van der Waals surface area contributed by atoms with Crippen molar-refractivity contribution in [1.82, 2.24) is 9.78 Å². The lowest BCUT2D eigenvalue weighted by Crippen LogP contribution is -2.16. The molecule has 2 rings (SSSR count). The van der Waals surface area contributed by atoms with Crippen LogP contribution in [0.15, 0.2) is 0 Å². The third-order valence-electron chi connectivity index (χ3n) is 2.64. The van der Waals surface area contributed by atoms with E-state index < -0.39 is 0 Å². The maximum Gasteiger partial charge on any atom is 0.0863 e. The highest BCUT2D eigenvalue weighted by Crippen LogP contribution is 2.41. The Morgan fingerprint density at radius 1 is 1.62 bits per heavy atom. The third kappa shape index (κ3) is 1.46. The first kappa shape index (κ1) is 9.03. The molecule has 0 spiro atoms. The Hall–Kier alpha value is -0.540. The maximum atomic E-state index is 6.12. The van der Waals surface area contributed by atoms with Crippen LogP contribution in [0.4, 0.5) is 0 Å². The van der Waals surface area contributed by atoms with Crippen molar-refractivity contribution in [2.75, 3.05) is 0 Å². The summed E-state index contributed by atoms with van der Waals surface area (Å²) in [6.07, 6.45) is 2.45. The third-order valence-corrected chi connectivity index (χ3v) is 3.10. The number of aromatic nitrogens is 2. The van der Waals surface area contributed by atoms with Crippen molar-refractivity contribution in [3.05, 3.63) is 16.4 Å². The Kier molecular flexibility index (Phi) is 2.08. The van der Waals surface area contributed by atoms with Gasteiger partial charge in [0, 0.05) is 7.05 Å². The van der Waals surface area contributed by atoms with Crippen LogP contribution >= 0.6 is 11.6 Å². The van der Waals surface area contributed by atoms with Crippen LogP contribution in [-0.2, 0) is 7.05 Å². The number of rotatable bonds is 2. The van der Waals surface area contributed by atoms with Gasteiger partial charge in [-0.3, -0.25) is 4.68 Å². The van der Waals surface area contributed by atoms with Crippen LogP contribution < -0.4 is 5.73 Å². The molecule has 1 aliphatic rings. The number of hydrogen-bond acceptors (Lipinski definition) is 2. The van der Waals surface area contributed by atoms with Crippen LogP contribution in [0.1, 0.15) is 30.3 Å². The molecule has 1 saturated carbocycles. The highest BCUT2D eigenvalue weighted by molar-refractivity contribution is 6.31. The normalized spacial score (nSPS) is 19.1. The number of hydrogen-bond donors (Lipinski definition) is 1. The molecule has 72 valence electrons. The van der Waals surface area contributed by atoms with Crippen molar-refractivity contribution in [2.45, 2.75) is 25.8 Å². The molecule has 0 bridgehead atoms. The van der Waals surface area contributed by atoms with Crippen molar-refractivity contribution in [1.29, 1.82) is 0 Å². The average molecular weight is 200 g/mol. The first-order valence-corrected chi connectivity index (χ1v) is 4.93. The van der Waals surface area contributed by atoms with Gasteiger partial charge in [0.2, 0.25) is 0 Å². The van der Waals surface area contributed by atoms with Crippen LogP contribution in [0.2, 0.25) is 5.02 Å². The van der Waals surface area contributed by atoms with E-state index in [2.05, 4.69) is 5.10 Å². The average Bonchev–Trinajstić information content (AvgIpc) is 2.82. The van der Waals surface area contributed by atoms with E-state index in [1.165, 1.54) is 12.8 Å². The van der Waals surface area contributed by atoms with Crippen molar-refractivity contribution >= 4 is 11.6 Å². The number of aryl methyl sites for hydroxylation is 2. The van der Waals surface area contributed by atoms with E-state index in [1.807, 2.05) is 14.0 Å². The molecule has 0 aliphatic heterocycles.